The Morgan fingerprint density at radius 1 is 1.22 bits per heavy atom. The maximum atomic E-state index is 12.4. The van der Waals surface area contributed by atoms with Crippen molar-refractivity contribution < 1.29 is 22.7 Å². The van der Waals surface area contributed by atoms with Crippen molar-refractivity contribution in [3.05, 3.63) is 47.7 Å². The number of ketones is 1. The van der Waals surface area contributed by atoms with E-state index in [-0.39, 0.29) is 0 Å². The van der Waals surface area contributed by atoms with Crippen LogP contribution in [0.2, 0.25) is 0 Å². The minimum absolute atomic E-state index is 0.406. The Kier molecular flexibility index (Phi) is 3.11. The minimum Gasteiger partial charge on any atom is -0.486 e. The van der Waals surface area contributed by atoms with Gasteiger partial charge in [-0.15, -0.1) is 11.6 Å². The van der Waals surface area contributed by atoms with Crippen LogP contribution in [0.15, 0.2) is 42.2 Å². The van der Waals surface area contributed by atoms with Gasteiger partial charge in [0.2, 0.25) is 5.76 Å². The van der Waals surface area contributed by atoms with Crippen LogP contribution in [0.5, 0.6) is 0 Å². The molecule has 0 amide bonds. The largest absolute Gasteiger partial charge is 0.486 e. The monoisotopic (exact) mass is 276 g/mol. The molecule has 0 bridgehead atoms. The second-order valence-corrected chi connectivity index (χ2v) is 4.47. The van der Waals surface area contributed by atoms with E-state index in [9.17, 15) is 18.0 Å². The van der Waals surface area contributed by atoms with E-state index in [2.05, 4.69) is 4.74 Å². The zero-order valence-electron chi connectivity index (χ0n) is 9.00. The van der Waals surface area contributed by atoms with E-state index in [1.165, 1.54) is 0 Å². The van der Waals surface area contributed by atoms with Gasteiger partial charge in [0.15, 0.2) is 10.7 Å². The molecule has 1 aliphatic heterocycles. The van der Waals surface area contributed by atoms with Gasteiger partial charge in [-0.1, -0.05) is 30.3 Å². The summed E-state index contributed by atoms with van der Waals surface area (Å²) in [5, 5.41) is 0. The van der Waals surface area contributed by atoms with Crippen LogP contribution in [-0.2, 0) is 14.4 Å². The summed E-state index contributed by atoms with van der Waals surface area (Å²) in [7, 11) is 0. The predicted molar refractivity (Wildman–Crippen MR) is 59.1 cm³/mol. The molecule has 2 rings (SSSR count). The summed E-state index contributed by atoms with van der Waals surface area (Å²) in [4.78, 5) is 10.2. The SMILES string of the molecule is O=C1C=C(C(F)(F)F)OCC1(Cl)c1ccccc1. The minimum atomic E-state index is -4.68. The lowest BCUT2D eigenvalue weighted by Crippen LogP contribution is -2.39. The first-order valence-corrected chi connectivity index (χ1v) is 5.42. The highest BCUT2D eigenvalue weighted by Gasteiger charge is 2.47. The molecule has 0 fully saturated rings. The molecule has 0 radical (unpaired) electrons. The van der Waals surface area contributed by atoms with Crippen molar-refractivity contribution in [3.63, 3.8) is 0 Å². The molecule has 1 atom stereocenters. The van der Waals surface area contributed by atoms with Crippen LogP contribution in [0.25, 0.3) is 0 Å². The molecule has 0 aliphatic carbocycles. The standard InChI is InChI=1S/C12H8ClF3O2/c13-11(8-4-2-1-3-5-8)7-18-10(6-9(11)17)12(14,15)16/h1-6H,7H2. The van der Waals surface area contributed by atoms with Crippen molar-refractivity contribution in [2.75, 3.05) is 6.61 Å². The van der Waals surface area contributed by atoms with E-state index in [4.69, 9.17) is 11.6 Å². The van der Waals surface area contributed by atoms with Gasteiger partial charge >= 0.3 is 6.18 Å². The molecule has 1 aromatic carbocycles. The van der Waals surface area contributed by atoms with Gasteiger partial charge in [-0.2, -0.15) is 13.2 Å². The van der Waals surface area contributed by atoms with Crippen molar-refractivity contribution in [1.82, 2.24) is 0 Å². The number of allylic oxidation sites excluding steroid dienone is 2. The first-order chi connectivity index (χ1) is 8.34. The lowest BCUT2D eigenvalue weighted by molar-refractivity contribution is -0.143. The third kappa shape index (κ3) is 2.22. The summed E-state index contributed by atoms with van der Waals surface area (Å²) in [6, 6.07) is 8.15. The summed E-state index contributed by atoms with van der Waals surface area (Å²) in [6.07, 6.45) is -4.27. The van der Waals surface area contributed by atoms with E-state index in [1.807, 2.05) is 0 Å². The van der Waals surface area contributed by atoms with Crippen LogP contribution < -0.4 is 0 Å². The van der Waals surface area contributed by atoms with Crippen LogP contribution in [-0.4, -0.2) is 18.6 Å². The topological polar surface area (TPSA) is 26.3 Å². The van der Waals surface area contributed by atoms with E-state index in [0.717, 1.165) is 0 Å². The zero-order valence-corrected chi connectivity index (χ0v) is 9.76. The number of hydrogen-bond donors (Lipinski definition) is 0. The van der Waals surface area contributed by atoms with E-state index in [1.54, 1.807) is 30.3 Å². The van der Waals surface area contributed by atoms with Gasteiger partial charge in [-0.3, -0.25) is 4.79 Å². The average molecular weight is 277 g/mol. The second-order valence-electron chi connectivity index (χ2n) is 3.83. The Labute approximate surface area is 106 Å². The molecule has 1 aromatic rings. The number of carbonyl (C=O) groups excluding carboxylic acids is 1. The van der Waals surface area contributed by atoms with Crippen LogP contribution in [0.4, 0.5) is 13.2 Å². The molecule has 0 saturated carbocycles. The molecule has 1 aliphatic rings. The van der Waals surface area contributed by atoms with Crippen molar-refractivity contribution in [2.45, 2.75) is 11.1 Å². The Morgan fingerprint density at radius 3 is 2.33 bits per heavy atom. The average Bonchev–Trinajstić information content (AvgIpc) is 2.32. The first-order valence-electron chi connectivity index (χ1n) is 5.04. The Hall–Kier alpha value is -1.49. The van der Waals surface area contributed by atoms with Gasteiger partial charge in [0, 0.05) is 6.08 Å². The summed E-state index contributed by atoms with van der Waals surface area (Å²) < 4.78 is 41.7. The fourth-order valence-electron chi connectivity index (χ4n) is 1.62. The number of hydrogen-bond acceptors (Lipinski definition) is 2. The molecule has 0 spiro atoms. The number of rotatable bonds is 1. The van der Waals surface area contributed by atoms with Crippen molar-refractivity contribution >= 4 is 17.4 Å². The van der Waals surface area contributed by atoms with Crippen molar-refractivity contribution in [3.8, 4) is 0 Å². The third-order valence-electron chi connectivity index (χ3n) is 2.59. The van der Waals surface area contributed by atoms with E-state index in [0.29, 0.717) is 11.6 Å². The highest BCUT2D eigenvalue weighted by Crippen LogP contribution is 2.38. The van der Waals surface area contributed by atoms with Crippen LogP contribution >= 0.6 is 11.6 Å². The van der Waals surface area contributed by atoms with Gasteiger partial charge in [0.1, 0.15) is 6.61 Å². The zero-order chi connectivity index (χ0) is 13.4. The molecule has 0 N–H and O–H groups in total. The number of benzene rings is 1. The second kappa shape index (κ2) is 4.31. The van der Waals surface area contributed by atoms with Crippen LogP contribution in [0, 0.1) is 0 Å². The summed E-state index contributed by atoms with van der Waals surface area (Å²) in [5.41, 5.74) is 0.411. The third-order valence-corrected chi connectivity index (χ3v) is 3.10. The Bertz CT molecular complexity index is 496. The Balaban J connectivity index is 2.36. The number of ether oxygens (including phenoxy) is 1. The normalized spacial score (nSPS) is 24.4. The molecule has 6 heteroatoms. The van der Waals surface area contributed by atoms with Crippen molar-refractivity contribution in [2.24, 2.45) is 0 Å². The Morgan fingerprint density at radius 2 is 1.83 bits per heavy atom. The lowest BCUT2D eigenvalue weighted by atomic mass is 9.92. The summed E-state index contributed by atoms with van der Waals surface area (Å²) in [6.45, 7) is -0.539. The predicted octanol–water partition coefficient (Wildman–Crippen LogP) is 3.17. The van der Waals surface area contributed by atoms with Crippen LogP contribution in [0.1, 0.15) is 5.56 Å². The van der Waals surface area contributed by atoms with Gasteiger partial charge < -0.3 is 4.74 Å². The van der Waals surface area contributed by atoms with Gasteiger partial charge in [0.05, 0.1) is 0 Å². The lowest BCUT2D eigenvalue weighted by Gasteiger charge is -2.30. The molecule has 1 heterocycles. The molecular weight excluding hydrogens is 269 g/mol. The first kappa shape index (κ1) is 13.0. The molecule has 0 aromatic heterocycles. The molecule has 18 heavy (non-hydrogen) atoms. The molecule has 0 saturated heterocycles. The molecule has 1 unspecified atom stereocenters. The van der Waals surface area contributed by atoms with E-state index >= 15 is 0 Å². The number of alkyl halides is 4. The fraction of sp³-hybridized carbons (Fsp3) is 0.250. The number of carbonyl (C=O) groups is 1. The summed E-state index contributed by atoms with van der Waals surface area (Å²) in [5.74, 6) is -2.13. The van der Waals surface area contributed by atoms with Gasteiger partial charge in [-0.05, 0) is 5.56 Å². The quantitative estimate of drug-likeness (QED) is 0.737. The van der Waals surface area contributed by atoms with Gasteiger partial charge in [-0.25, -0.2) is 0 Å². The molecule has 2 nitrogen and oxygen atoms in total. The van der Waals surface area contributed by atoms with Gasteiger partial charge in [0.25, 0.3) is 0 Å². The molecular formula is C12H8ClF3O2. The highest BCUT2D eigenvalue weighted by atomic mass is 35.5. The van der Waals surface area contributed by atoms with Crippen LogP contribution in [0.3, 0.4) is 0 Å². The highest BCUT2D eigenvalue weighted by molar-refractivity contribution is 6.37. The van der Waals surface area contributed by atoms with Crippen molar-refractivity contribution in [1.29, 1.82) is 0 Å². The van der Waals surface area contributed by atoms with E-state index < -0.39 is 29.2 Å². The summed E-state index contributed by atoms with van der Waals surface area (Å²) >= 11 is 6.08. The maximum Gasteiger partial charge on any atom is 0.449 e. The fourth-order valence-corrected chi connectivity index (χ4v) is 1.85. The molecule has 96 valence electrons. The maximum absolute atomic E-state index is 12.4. The number of halogens is 4. The smallest absolute Gasteiger partial charge is 0.449 e.